The fourth-order valence-electron chi connectivity index (χ4n) is 4.02. The molecule has 4 nitrogen and oxygen atoms in total. The van der Waals surface area contributed by atoms with E-state index in [1.165, 1.54) is 0 Å². The van der Waals surface area contributed by atoms with Gasteiger partial charge in [0, 0.05) is 37.8 Å². The van der Waals surface area contributed by atoms with E-state index in [4.69, 9.17) is 46.4 Å². The number of aromatic amines is 1. The van der Waals surface area contributed by atoms with Crippen molar-refractivity contribution in [2.75, 3.05) is 0 Å². The molecular formula is C24H15Cl4N3O. The zero-order chi connectivity index (χ0) is 22.4. The maximum absolute atomic E-state index is 13.5. The zero-order valence-electron chi connectivity index (χ0n) is 16.4. The first-order valence-electron chi connectivity index (χ1n) is 9.77. The van der Waals surface area contributed by atoms with Gasteiger partial charge in [-0.25, -0.2) is 0 Å². The number of hydrogen-bond donors (Lipinski definition) is 1. The molecule has 0 saturated heterocycles. The summed E-state index contributed by atoms with van der Waals surface area (Å²) in [6.07, 6.45) is 0. The van der Waals surface area contributed by atoms with Crippen LogP contribution in [0.15, 0.2) is 66.7 Å². The third-order valence-electron chi connectivity index (χ3n) is 5.50. The fraction of sp³-hybridized carbons (Fsp3) is 0.0833. The molecule has 0 aliphatic carbocycles. The van der Waals surface area contributed by atoms with Crippen molar-refractivity contribution in [2.24, 2.45) is 0 Å². The molecule has 1 unspecified atom stereocenters. The van der Waals surface area contributed by atoms with Crippen LogP contribution in [0.5, 0.6) is 0 Å². The molecule has 0 bridgehead atoms. The van der Waals surface area contributed by atoms with Crippen molar-refractivity contribution in [3.8, 4) is 11.3 Å². The first kappa shape index (κ1) is 21.4. The summed E-state index contributed by atoms with van der Waals surface area (Å²) in [6.45, 7) is 0.377. The number of hydrogen-bond acceptors (Lipinski definition) is 2. The molecule has 5 rings (SSSR count). The number of nitrogens with zero attached hydrogens (tertiary/aromatic N) is 2. The predicted octanol–water partition coefficient (Wildman–Crippen LogP) is 7.44. The van der Waals surface area contributed by atoms with E-state index in [-0.39, 0.29) is 5.91 Å². The number of amides is 1. The second-order valence-electron chi connectivity index (χ2n) is 7.50. The Labute approximate surface area is 204 Å². The third-order valence-corrected chi connectivity index (χ3v) is 6.57. The predicted molar refractivity (Wildman–Crippen MR) is 129 cm³/mol. The van der Waals surface area contributed by atoms with E-state index >= 15 is 0 Å². The van der Waals surface area contributed by atoms with Crippen LogP contribution in [0.1, 0.15) is 33.2 Å². The molecule has 4 aromatic rings. The number of halogens is 4. The molecule has 1 aromatic heterocycles. The van der Waals surface area contributed by atoms with Crippen molar-refractivity contribution in [3.05, 3.63) is 109 Å². The number of aromatic nitrogens is 2. The Balaban J connectivity index is 1.66. The van der Waals surface area contributed by atoms with E-state index in [0.717, 1.165) is 22.3 Å². The molecule has 8 heteroatoms. The molecule has 0 spiro atoms. The van der Waals surface area contributed by atoms with Crippen LogP contribution in [0.2, 0.25) is 20.1 Å². The summed E-state index contributed by atoms with van der Waals surface area (Å²) in [7, 11) is 0. The molecule has 0 saturated carbocycles. The van der Waals surface area contributed by atoms with Gasteiger partial charge in [0.25, 0.3) is 5.91 Å². The highest BCUT2D eigenvalue weighted by molar-refractivity contribution is 6.35. The fourth-order valence-corrected chi connectivity index (χ4v) is 4.78. The molecule has 0 fully saturated rings. The monoisotopic (exact) mass is 501 g/mol. The standard InChI is InChI=1S/C24H15Cl4N3O/c25-15-5-1-13(2-6-15)12-31-23(18-10-9-17(27)11-19(18)28)20-21(29-30-22(20)24(31)32)14-3-7-16(26)8-4-14/h1-11,23H,12H2,(H,29,30). The maximum Gasteiger partial charge on any atom is 0.273 e. The van der Waals surface area contributed by atoms with Crippen molar-refractivity contribution in [3.63, 3.8) is 0 Å². The van der Waals surface area contributed by atoms with Gasteiger partial charge in [0.1, 0.15) is 5.69 Å². The average molecular weight is 503 g/mol. The number of H-pyrrole nitrogens is 1. The van der Waals surface area contributed by atoms with E-state index < -0.39 is 6.04 Å². The van der Waals surface area contributed by atoms with Gasteiger partial charge in [-0.1, -0.05) is 76.7 Å². The summed E-state index contributed by atoms with van der Waals surface area (Å²) in [5.74, 6) is -0.154. The second kappa shape index (κ2) is 8.45. The molecule has 2 heterocycles. The molecule has 32 heavy (non-hydrogen) atoms. The molecule has 1 aliphatic rings. The van der Waals surface area contributed by atoms with Gasteiger partial charge < -0.3 is 4.90 Å². The molecular weight excluding hydrogens is 488 g/mol. The Morgan fingerprint density at radius 2 is 1.47 bits per heavy atom. The van der Waals surface area contributed by atoms with Gasteiger partial charge in [-0.15, -0.1) is 0 Å². The van der Waals surface area contributed by atoms with Gasteiger partial charge in [-0.2, -0.15) is 5.10 Å². The largest absolute Gasteiger partial charge is 0.322 e. The van der Waals surface area contributed by atoms with E-state index in [2.05, 4.69) is 10.2 Å². The lowest BCUT2D eigenvalue weighted by Gasteiger charge is -2.27. The Morgan fingerprint density at radius 1 is 0.844 bits per heavy atom. The maximum atomic E-state index is 13.5. The molecule has 1 aliphatic heterocycles. The highest BCUT2D eigenvalue weighted by Gasteiger charge is 2.42. The Bertz CT molecular complexity index is 1320. The quantitative estimate of drug-likeness (QED) is 0.315. The summed E-state index contributed by atoms with van der Waals surface area (Å²) in [4.78, 5) is 15.2. The normalized spacial score (nSPS) is 15.3. The van der Waals surface area contributed by atoms with Crippen LogP contribution in [0.25, 0.3) is 11.3 Å². The van der Waals surface area contributed by atoms with E-state index in [9.17, 15) is 4.79 Å². The van der Waals surface area contributed by atoms with Gasteiger partial charge in [0.05, 0.1) is 11.7 Å². The number of rotatable bonds is 4. The van der Waals surface area contributed by atoms with Gasteiger partial charge in [0.15, 0.2) is 0 Å². The minimum Gasteiger partial charge on any atom is -0.322 e. The zero-order valence-corrected chi connectivity index (χ0v) is 19.5. The lowest BCUT2D eigenvalue weighted by atomic mass is 9.96. The van der Waals surface area contributed by atoms with Crippen LogP contribution < -0.4 is 0 Å². The second-order valence-corrected chi connectivity index (χ2v) is 9.21. The number of carbonyl (C=O) groups excluding carboxylic acids is 1. The highest BCUT2D eigenvalue weighted by atomic mass is 35.5. The minimum atomic E-state index is -0.442. The van der Waals surface area contributed by atoms with E-state index in [0.29, 0.717) is 38.0 Å². The van der Waals surface area contributed by atoms with Crippen LogP contribution in [0, 0.1) is 0 Å². The number of benzene rings is 3. The van der Waals surface area contributed by atoms with Crippen LogP contribution in [0.4, 0.5) is 0 Å². The molecule has 3 aromatic carbocycles. The molecule has 1 atom stereocenters. The van der Waals surface area contributed by atoms with Crippen molar-refractivity contribution >= 4 is 52.3 Å². The van der Waals surface area contributed by atoms with Crippen LogP contribution in [0.3, 0.4) is 0 Å². The summed E-state index contributed by atoms with van der Waals surface area (Å²) in [5.41, 5.74) is 4.47. The van der Waals surface area contributed by atoms with Crippen LogP contribution in [-0.2, 0) is 6.54 Å². The SMILES string of the molecule is O=C1c2[nH]nc(-c3ccc(Cl)cc3)c2C(c2ccc(Cl)cc2Cl)N1Cc1ccc(Cl)cc1. The van der Waals surface area contributed by atoms with E-state index in [1.807, 2.05) is 42.5 Å². The number of nitrogens with one attached hydrogen (secondary N) is 1. The minimum absolute atomic E-state index is 0.154. The van der Waals surface area contributed by atoms with Crippen LogP contribution >= 0.6 is 46.4 Å². The Hall–Kier alpha value is -2.50. The van der Waals surface area contributed by atoms with Gasteiger partial charge in [0.2, 0.25) is 0 Å². The van der Waals surface area contributed by atoms with Gasteiger partial charge >= 0.3 is 0 Å². The first-order valence-corrected chi connectivity index (χ1v) is 11.3. The smallest absolute Gasteiger partial charge is 0.273 e. The summed E-state index contributed by atoms with van der Waals surface area (Å²) in [6, 6.07) is 19.6. The van der Waals surface area contributed by atoms with Crippen molar-refractivity contribution in [1.29, 1.82) is 0 Å². The van der Waals surface area contributed by atoms with E-state index in [1.54, 1.807) is 29.2 Å². The summed E-state index contributed by atoms with van der Waals surface area (Å²) < 4.78 is 0. The molecule has 0 radical (unpaired) electrons. The topological polar surface area (TPSA) is 49.0 Å². The molecule has 1 amide bonds. The third kappa shape index (κ3) is 3.78. The summed E-state index contributed by atoms with van der Waals surface area (Å²) >= 11 is 24.9. The van der Waals surface area contributed by atoms with Gasteiger partial charge in [-0.3, -0.25) is 9.89 Å². The molecule has 160 valence electrons. The highest BCUT2D eigenvalue weighted by Crippen LogP contribution is 2.45. The number of fused-ring (bicyclic) bond motifs is 1. The average Bonchev–Trinajstić information content (AvgIpc) is 3.31. The Morgan fingerprint density at radius 3 is 2.12 bits per heavy atom. The van der Waals surface area contributed by atoms with Crippen LogP contribution in [-0.4, -0.2) is 21.0 Å². The number of carbonyl (C=O) groups is 1. The van der Waals surface area contributed by atoms with Crippen molar-refractivity contribution in [1.82, 2.24) is 15.1 Å². The van der Waals surface area contributed by atoms with Crippen molar-refractivity contribution in [2.45, 2.75) is 12.6 Å². The molecule has 1 N–H and O–H groups in total. The van der Waals surface area contributed by atoms with Gasteiger partial charge in [-0.05, 0) is 47.5 Å². The lowest BCUT2D eigenvalue weighted by Crippen LogP contribution is -2.29. The first-order chi connectivity index (χ1) is 15.4. The lowest BCUT2D eigenvalue weighted by molar-refractivity contribution is 0.0730. The Kier molecular flexibility index (Phi) is 5.64. The van der Waals surface area contributed by atoms with Crippen molar-refractivity contribution < 1.29 is 4.79 Å². The summed E-state index contributed by atoms with van der Waals surface area (Å²) in [5, 5.41) is 9.67.